The van der Waals surface area contributed by atoms with Crippen molar-refractivity contribution in [2.24, 2.45) is 11.7 Å². The van der Waals surface area contributed by atoms with Crippen molar-refractivity contribution in [2.45, 2.75) is 12.8 Å². The molecule has 1 aliphatic heterocycles. The molecule has 6 heteroatoms. The summed E-state index contributed by atoms with van der Waals surface area (Å²) < 4.78 is 0. The lowest BCUT2D eigenvalue weighted by molar-refractivity contribution is 0.411. The number of hydrogen-bond acceptors (Lipinski definition) is 4. The average molecular weight is 265 g/mol. The summed E-state index contributed by atoms with van der Waals surface area (Å²) in [7, 11) is 0. The van der Waals surface area contributed by atoms with Gasteiger partial charge in [-0.2, -0.15) is 0 Å². The molecule has 16 heavy (non-hydrogen) atoms. The second kappa shape index (κ2) is 7.65. The Morgan fingerprint density at radius 1 is 1.19 bits per heavy atom. The molecule has 0 amide bonds. The standard InChI is InChI=1S/C10H16N4.2ClH/c11-8-9-2-6-14(7-3-9)10-12-4-1-5-13-10;;/h1,4-5,9H,2-3,6-8,11H2;2*1H. The van der Waals surface area contributed by atoms with Crippen LogP contribution in [-0.4, -0.2) is 29.6 Å². The third-order valence-electron chi connectivity index (χ3n) is 2.78. The first-order valence-electron chi connectivity index (χ1n) is 5.12. The highest BCUT2D eigenvalue weighted by Gasteiger charge is 2.19. The van der Waals surface area contributed by atoms with Crippen molar-refractivity contribution >= 4 is 30.8 Å². The van der Waals surface area contributed by atoms with Crippen LogP contribution in [0.15, 0.2) is 18.5 Å². The second-order valence-corrected chi connectivity index (χ2v) is 3.71. The van der Waals surface area contributed by atoms with Gasteiger partial charge in [0.15, 0.2) is 0 Å². The van der Waals surface area contributed by atoms with Crippen LogP contribution in [0.4, 0.5) is 5.95 Å². The van der Waals surface area contributed by atoms with Crippen LogP contribution in [0, 0.1) is 5.92 Å². The average Bonchev–Trinajstić information content (AvgIpc) is 2.30. The summed E-state index contributed by atoms with van der Waals surface area (Å²) >= 11 is 0. The van der Waals surface area contributed by atoms with Crippen LogP contribution in [0.1, 0.15) is 12.8 Å². The first-order valence-corrected chi connectivity index (χ1v) is 5.12. The summed E-state index contributed by atoms with van der Waals surface area (Å²) in [5, 5.41) is 0. The largest absolute Gasteiger partial charge is 0.341 e. The topological polar surface area (TPSA) is 55.0 Å². The smallest absolute Gasteiger partial charge is 0.225 e. The van der Waals surface area contributed by atoms with Gasteiger partial charge in [0, 0.05) is 25.5 Å². The van der Waals surface area contributed by atoms with E-state index >= 15 is 0 Å². The van der Waals surface area contributed by atoms with Crippen molar-refractivity contribution in [1.82, 2.24) is 9.97 Å². The first kappa shape index (κ1) is 15.4. The summed E-state index contributed by atoms with van der Waals surface area (Å²) in [4.78, 5) is 10.7. The zero-order chi connectivity index (χ0) is 9.80. The molecule has 4 nitrogen and oxygen atoms in total. The van der Waals surface area contributed by atoms with E-state index in [-0.39, 0.29) is 24.8 Å². The summed E-state index contributed by atoms with van der Waals surface area (Å²) in [6.07, 6.45) is 5.90. The molecule has 0 unspecified atom stereocenters. The highest BCUT2D eigenvalue weighted by atomic mass is 35.5. The quantitative estimate of drug-likeness (QED) is 0.880. The van der Waals surface area contributed by atoms with Crippen molar-refractivity contribution in [3.05, 3.63) is 18.5 Å². The van der Waals surface area contributed by atoms with Crippen molar-refractivity contribution in [1.29, 1.82) is 0 Å². The van der Waals surface area contributed by atoms with Gasteiger partial charge in [0.2, 0.25) is 5.95 Å². The van der Waals surface area contributed by atoms with E-state index in [4.69, 9.17) is 5.73 Å². The minimum Gasteiger partial charge on any atom is -0.341 e. The van der Waals surface area contributed by atoms with Crippen molar-refractivity contribution in [3.63, 3.8) is 0 Å². The molecule has 2 rings (SSSR count). The molecule has 0 saturated carbocycles. The van der Waals surface area contributed by atoms with Gasteiger partial charge in [0.05, 0.1) is 0 Å². The molecule has 1 aromatic heterocycles. The Hall–Kier alpha value is -0.580. The molecule has 0 spiro atoms. The molecular weight excluding hydrogens is 247 g/mol. The molecular formula is C10H18Cl2N4. The van der Waals surface area contributed by atoms with Gasteiger partial charge in [-0.25, -0.2) is 9.97 Å². The van der Waals surface area contributed by atoms with Gasteiger partial charge in [0.25, 0.3) is 0 Å². The Morgan fingerprint density at radius 2 is 1.75 bits per heavy atom. The van der Waals surface area contributed by atoms with E-state index < -0.39 is 0 Å². The van der Waals surface area contributed by atoms with E-state index in [1.54, 1.807) is 12.4 Å². The van der Waals surface area contributed by atoms with Gasteiger partial charge in [0.1, 0.15) is 0 Å². The van der Waals surface area contributed by atoms with E-state index in [2.05, 4.69) is 14.9 Å². The van der Waals surface area contributed by atoms with Crippen LogP contribution in [0.3, 0.4) is 0 Å². The molecule has 0 aromatic carbocycles. The van der Waals surface area contributed by atoms with Crippen molar-refractivity contribution in [2.75, 3.05) is 24.5 Å². The molecule has 0 bridgehead atoms. The molecule has 0 radical (unpaired) electrons. The fourth-order valence-corrected chi connectivity index (χ4v) is 1.82. The van der Waals surface area contributed by atoms with Gasteiger partial charge in [-0.3, -0.25) is 0 Å². The molecule has 0 atom stereocenters. The fourth-order valence-electron chi connectivity index (χ4n) is 1.82. The Morgan fingerprint density at radius 3 is 2.25 bits per heavy atom. The number of piperidine rings is 1. The van der Waals surface area contributed by atoms with Gasteiger partial charge >= 0.3 is 0 Å². The highest BCUT2D eigenvalue weighted by molar-refractivity contribution is 5.85. The summed E-state index contributed by atoms with van der Waals surface area (Å²) in [6, 6.07) is 1.84. The van der Waals surface area contributed by atoms with E-state index in [1.165, 1.54) is 0 Å². The van der Waals surface area contributed by atoms with Crippen LogP contribution >= 0.6 is 24.8 Å². The maximum atomic E-state index is 5.64. The van der Waals surface area contributed by atoms with E-state index in [0.29, 0.717) is 5.92 Å². The molecule has 92 valence electrons. The molecule has 2 heterocycles. The number of nitrogens with zero attached hydrogens (tertiary/aromatic N) is 3. The predicted octanol–water partition coefficient (Wildman–Crippen LogP) is 1.50. The molecule has 0 aliphatic carbocycles. The fraction of sp³-hybridized carbons (Fsp3) is 0.600. The lowest BCUT2D eigenvalue weighted by Crippen LogP contribution is -2.36. The Bertz CT molecular complexity index is 275. The normalized spacial score (nSPS) is 16.2. The van der Waals surface area contributed by atoms with Crippen LogP contribution in [0.2, 0.25) is 0 Å². The van der Waals surface area contributed by atoms with Gasteiger partial charge in [-0.15, -0.1) is 24.8 Å². The summed E-state index contributed by atoms with van der Waals surface area (Å²) in [6.45, 7) is 2.88. The SMILES string of the molecule is Cl.Cl.NCC1CCN(c2ncccn2)CC1. The minimum atomic E-state index is 0. The number of rotatable bonds is 2. The molecule has 1 aromatic rings. The number of halogens is 2. The van der Waals surface area contributed by atoms with Gasteiger partial charge < -0.3 is 10.6 Å². The zero-order valence-electron chi connectivity index (χ0n) is 9.08. The molecule has 1 fully saturated rings. The molecule has 1 aliphatic rings. The van der Waals surface area contributed by atoms with Gasteiger partial charge in [-0.1, -0.05) is 0 Å². The lowest BCUT2D eigenvalue weighted by Gasteiger charge is -2.31. The molecule has 1 saturated heterocycles. The van der Waals surface area contributed by atoms with E-state index in [1.807, 2.05) is 6.07 Å². The van der Waals surface area contributed by atoms with Crippen molar-refractivity contribution in [3.8, 4) is 0 Å². The van der Waals surface area contributed by atoms with Gasteiger partial charge in [-0.05, 0) is 31.4 Å². The second-order valence-electron chi connectivity index (χ2n) is 3.71. The van der Waals surface area contributed by atoms with Crippen LogP contribution in [-0.2, 0) is 0 Å². The Labute approximate surface area is 108 Å². The third-order valence-corrected chi connectivity index (χ3v) is 2.78. The zero-order valence-corrected chi connectivity index (χ0v) is 10.7. The minimum absolute atomic E-state index is 0. The van der Waals surface area contributed by atoms with E-state index in [0.717, 1.165) is 38.4 Å². The molecule has 2 N–H and O–H groups in total. The summed E-state index contributed by atoms with van der Waals surface area (Å²) in [5.41, 5.74) is 5.64. The van der Waals surface area contributed by atoms with Crippen LogP contribution in [0.25, 0.3) is 0 Å². The maximum Gasteiger partial charge on any atom is 0.225 e. The third kappa shape index (κ3) is 3.77. The Kier molecular flexibility index (Phi) is 7.38. The number of nitrogens with two attached hydrogens (primary N) is 1. The first-order chi connectivity index (χ1) is 6.90. The maximum absolute atomic E-state index is 5.64. The van der Waals surface area contributed by atoms with E-state index in [9.17, 15) is 0 Å². The van der Waals surface area contributed by atoms with Crippen molar-refractivity contribution < 1.29 is 0 Å². The highest BCUT2D eigenvalue weighted by Crippen LogP contribution is 2.18. The van der Waals surface area contributed by atoms with Crippen LogP contribution < -0.4 is 10.6 Å². The number of aromatic nitrogens is 2. The monoisotopic (exact) mass is 264 g/mol. The number of hydrogen-bond donors (Lipinski definition) is 1. The lowest BCUT2D eigenvalue weighted by atomic mass is 9.97. The predicted molar refractivity (Wildman–Crippen MR) is 70.5 cm³/mol. The summed E-state index contributed by atoms with van der Waals surface area (Å²) in [5.74, 6) is 1.54. The van der Waals surface area contributed by atoms with Crippen LogP contribution in [0.5, 0.6) is 0 Å². The Balaban J connectivity index is 0.00000112. The number of anilines is 1.